The maximum absolute atomic E-state index is 14.0. The van der Waals surface area contributed by atoms with E-state index in [-0.39, 0.29) is 41.9 Å². The number of piperazine rings is 2. The van der Waals surface area contributed by atoms with Crippen molar-refractivity contribution >= 4 is 49.8 Å². The van der Waals surface area contributed by atoms with Gasteiger partial charge in [-0.05, 0) is 75.0 Å². The number of nitrogens with zero attached hydrogens (tertiary/aromatic N) is 6. The van der Waals surface area contributed by atoms with E-state index in [2.05, 4.69) is 47.1 Å². The molecule has 262 valence electrons. The summed E-state index contributed by atoms with van der Waals surface area (Å²) >= 11 is 6.75. The highest BCUT2D eigenvalue weighted by Crippen LogP contribution is 2.34. The summed E-state index contributed by atoms with van der Waals surface area (Å²) in [6.07, 6.45) is 3.25. The van der Waals surface area contributed by atoms with E-state index in [0.29, 0.717) is 74.1 Å². The molecular formula is C34H42Br2N8O5. The first-order valence-electron chi connectivity index (χ1n) is 16.7. The monoisotopic (exact) mass is 800 g/mol. The van der Waals surface area contributed by atoms with E-state index in [1.54, 1.807) is 31.4 Å². The number of halogens is 2. The molecule has 0 saturated carbocycles. The molecule has 49 heavy (non-hydrogen) atoms. The van der Waals surface area contributed by atoms with Gasteiger partial charge in [0.2, 0.25) is 5.91 Å². The number of aromatic nitrogens is 2. The number of hydrogen-bond donors (Lipinski definition) is 3. The van der Waals surface area contributed by atoms with Crippen molar-refractivity contribution in [3.8, 4) is 17.0 Å². The fourth-order valence-electron chi connectivity index (χ4n) is 6.74. The molecular weight excluding hydrogens is 760 g/mol. The van der Waals surface area contributed by atoms with Crippen LogP contribution in [0.4, 0.5) is 9.59 Å². The van der Waals surface area contributed by atoms with Crippen molar-refractivity contribution in [3.63, 3.8) is 0 Å². The number of carbonyl (C=O) groups excluding carboxylic acids is 3. The average molecular weight is 803 g/mol. The zero-order valence-electron chi connectivity index (χ0n) is 27.5. The van der Waals surface area contributed by atoms with Crippen LogP contribution in [-0.4, -0.2) is 136 Å². The number of benzene rings is 2. The van der Waals surface area contributed by atoms with Gasteiger partial charge in [-0.2, -0.15) is 0 Å². The molecule has 2 aromatic carbocycles. The number of piperidine rings is 1. The Morgan fingerprint density at radius 1 is 0.857 bits per heavy atom. The number of carbonyl (C=O) groups is 3. The summed E-state index contributed by atoms with van der Waals surface area (Å²) in [6.45, 7) is 5.50. The van der Waals surface area contributed by atoms with Crippen LogP contribution in [0.3, 0.4) is 0 Å². The number of amides is 5. The van der Waals surface area contributed by atoms with Gasteiger partial charge in [-0.25, -0.2) is 14.4 Å². The summed E-state index contributed by atoms with van der Waals surface area (Å²) in [5.74, 6) is -0.167. The highest BCUT2D eigenvalue weighted by atomic mass is 79.9. The Labute approximate surface area is 302 Å². The summed E-state index contributed by atoms with van der Waals surface area (Å²) < 4.78 is 2.67. The molecule has 0 aliphatic carbocycles. The quantitative estimate of drug-likeness (QED) is 0.349. The molecule has 5 amide bonds. The summed E-state index contributed by atoms with van der Waals surface area (Å²) in [6, 6.07) is 11.9. The number of nitrogens with one attached hydrogen (secondary N) is 2. The summed E-state index contributed by atoms with van der Waals surface area (Å²) in [5, 5.41) is 13.2. The Bertz CT molecular complexity index is 1690. The normalized spacial score (nSPS) is 18.4. The molecule has 13 nitrogen and oxygen atoms in total. The zero-order valence-corrected chi connectivity index (χ0v) is 30.7. The molecule has 15 heteroatoms. The lowest BCUT2D eigenvalue weighted by Gasteiger charge is -2.40. The van der Waals surface area contributed by atoms with Gasteiger partial charge < -0.3 is 39.9 Å². The third kappa shape index (κ3) is 8.15. The topological polar surface area (TPSA) is 137 Å². The van der Waals surface area contributed by atoms with Crippen molar-refractivity contribution < 1.29 is 19.5 Å². The van der Waals surface area contributed by atoms with Crippen LogP contribution in [0.5, 0.6) is 5.75 Å². The molecule has 3 N–H and O–H groups in total. The summed E-state index contributed by atoms with van der Waals surface area (Å²) in [4.78, 5) is 65.9. The molecule has 3 aliphatic rings. The largest absolute Gasteiger partial charge is 0.506 e. The van der Waals surface area contributed by atoms with Crippen molar-refractivity contribution in [1.82, 2.24) is 39.4 Å². The van der Waals surface area contributed by atoms with Gasteiger partial charge in [-0.3, -0.25) is 9.36 Å². The smallest absolute Gasteiger partial charge is 0.326 e. The minimum Gasteiger partial charge on any atom is -0.506 e. The van der Waals surface area contributed by atoms with Crippen molar-refractivity contribution in [1.29, 1.82) is 0 Å². The molecule has 0 spiro atoms. The van der Waals surface area contributed by atoms with Crippen LogP contribution in [0.25, 0.3) is 11.3 Å². The number of H-pyrrole nitrogens is 1. The van der Waals surface area contributed by atoms with Crippen LogP contribution in [0.1, 0.15) is 24.4 Å². The van der Waals surface area contributed by atoms with E-state index < -0.39 is 6.04 Å². The molecule has 1 atom stereocenters. The lowest BCUT2D eigenvalue weighted by atomic mass is 10.0. The van der Waals surface area contributed by atoms with Gasteiger partial charge in [0, 0.05) is 84.1 Å². The molecule has 0 bridgehead atoms. The Morgan fingerprint density at radius 2 is 1.43 bits per heavy atom. The third-order valence-electron chi connectivity index (χ3n) is 9.72. The number of phenols is 1. The van der Waals surface area contributed by atoms with E-state index in [4.69, 9.17) is 0 Å². The Kier molecular flexibility index (Phi) is 11.0. The number of aromatic hydroxyl groups is 1. The molecule has 3 fully saturated rings. The predicted molar refractivity (Wildman–Crippen MR) is 192 cm³/mol. The third-order valence-corrected chi connectivity index (χ3v) is 10.9. The van der Waals surface area contributed by atoms with Crippen LogP contribution >= 0.6 is 31.9 Å². The second-order valence-corrected chi connectivity index (χ2v) is 14.7. The van der Waals surface area contributed by atoms with E-state index in [1.165, 1.54) is 0 Å². The van der Waals surface area contributed by atoms with Gasteiger partial charge in [0.05, 0.1) is 14.6 Å². The number of likely N-dealkylation sites (tertiary alicyclic amines) is 1. The fraction of sp³-hybridized carbons (Fsp3) is 0.471. The van der Waals surface area contributed by atoms with Crippen LogP contribution in [-0.2, 0) is 11.2 Å². The van der Waals surface area contributed by atoms with E-state index in [9.17, 15) is 24.3 Å². The van der Waals surface area contributed by atoms with Crippen LogP contribution in [0.15, 0.2) is 62.4 Å². The number of imidazole rings is 1. The number of urea groups is 2. The van der Waals surface area contributed by atoms with Crippen molar-refractivity contribution in [2.45, 2.75) is 31.3 Å². The molecule has 0 radical (unpaired) electrons. The van der Waals surface area contributed by atoms with E-state index in [0.717, 1.165) is 29.9 Å². The van der Waals surface area contributed by atoms with Crippen LogP contribution in [0.2, 0.25) is 0 Å². The lowest BCUT2D eigenvalue weighted by Crippen LogP contribution is -2.60. The highest BCUT2D eigenvalue weighted by Gasteiger charge is 2.34. The summed E-state index contributed by atoms with van der Waals surface area (Å²) in [7, 11) is 2.05. The maximum atomic E-state index is 14.0. The number of likely N-dealkylation sites (N-methyl/N-ethyl adjacent to an activating group) is 1. The van der Waals surface area contributed by atoms with Crippen LogP contribution in [0, 0.1) is 0 Å². The standard InChI is InChI=1S/C34H42Br2N8O5/c1-39-11-13-42(14-12-39)34(49)43-17-15-40(16-18-43)31(46)28(21-23-19-26(35)30(45)27(36)20-23)37-32(47)41-9-7-25(8-10-41)44-22-29(38-33(44)48)24-5-3-2-4-6-24/h2-6,19-20,22,25,28,45H,7-18,21H2,1H3,(H,37,47)(H,38,48)/t28-/m1/s1. The van der Waals surface area contributed by atoms with E-state index in [1.807, 2.05) is 48.5 Å². The average Bonchev–Trinajstić information content (AvgIpc) is 3.51. The highest BCUT2D eigenvalue weighted by molar-refractivity contribution is 9.11. The molecule has 0 unspecified atom stereocenters. The van der Waals surface area contributed by atoms with E-state index >= 15 is 0 Å². The predicted octanol–water partition coefficient (Wildman–Crippen LogP) is 3.54. The van der Waals surface area contributed by atoms with Gasteiger partial charge in [0.25, 0.3) is 0 Å². The number of aromatic amines is 1. The second-order valence-electron chi connectivity index (χ2n) is 13.0. The van der Waals surface area contributed by atoms with Crippen molar-refractivity contribution in [3.05, 3.63) is 73.7 Å². The Hall–Kier alpha value is -3.82. The lowest BCUT2D eigenvalue weighted by molar-refractivity contribution is -0.134. The van der Waals surface area contributed by atoms with Crippen molar-refractivity contribution in [2.24, 2.45) is 0 Å². The van der Waals surface area contributed by atoms with Gasteiger partial charge in [-0.1, -0.05) is 30.3 Å². The van der Waals surface area contributed by atoms with Gasteiger partial charge >= 0.3 is 17.8 Å². The van der Waals surface area contributed by atoms with Gasteiger partial charge in [0.1, 0.15) is 11.8 Å². The molecule has 3 saturated heterocycles. The SMILES string of the molecule is CN1CCN(C(=O)N2CCN(C(=O)[C@@H](Cc3cc(Br)c(O)c(Br)c3)NC(=O)N3CCC(n4cc(-c5ccccc5)[nH]c4=O)CC3)CC2)CC1. The summed E-state index contributed by atoms with van der Waals surface area (Å²) in [5.41, 5.74) is 2.26. The van der Waals surface area contributed by atoms with Crippen LogP contribution < -0.4 is 11.0 Å². The Balaban J connectivity index is 1.10. The molecule has 6 rings (SSSR count). The van der Waals surface area contributed by atoms with Crippen molar-refractivity contribution in [2.75, 3.05) is 72.5 Å². The Morgan fingerprint density at radius 3 is 2.04 bits per heavy atom. The number of phenolic OH excluding ortho intramolecular Hbond substituents is 1. The number of hydrogen-bond acceptors (Lipinski definition) is 6. The minimum absolute atomic E-state index is 0.00504. The number of rotatable bonds is 6. The molecule has 3 aromatic rings. The molecule has 4 heterocycles. The van der Waals surface area contributed by atoms with Gasteiger partial charge in [0.15, 0.2) is 0 Å². The first-order chi connectivity index (χ1) is 23.6. The molecule has 1 aromatic heterocycles. The second kappa shape index (κ2) is 15.4. The first-order valence-corrected chi connectivity index (χ1v) is 18.3. The van der Waals surface area contributed by atoms with Gasteiger partial charge in [-0.15, -0.1) is 0 Å². The maximum Gasteiger partial charge on any atom is 0.326 e. The molecule has 3 aliphatic heterocycles. The first kappa shape index (κ1) is 35.0. The fourth-order valence-corrected chi connectivity index (χ4v) is 8.02. The zero-order chi connectivity index (χ0) is 34.7. The minimum atomic E-state index is -0.867.